The molecule has 6 nitrogen and oxygen atoms in total. The minimum Gasteiger partial charge on any atom is -0.451 e. The van der Waals surface area contributed by atoms with Gasteiger partial charge in [-0.1, -0.05) is 43.5 Å². The minimum absolute atomic E-state index is 0.276. The molecular weight excluding hydrogens is 326 g/mol. The maximum absolute atomic E-state index is 12.2. The number of nitrogens with one attached hydrogen (secondary N) is 1. The molecule has 128 valence electrons. The summed E-state index contributed by atoms with van der Waals surface area (Å²) in [6, 6.07) is 5.88. The molecule has 1 heterocycles. The van der Waals surface area contributed by atoms with E-state index in [2.05, 4.69) is 28.8 Å². The van der Waals surface area contributed by atoms with Crippen LogP contribution in [0.25, 0.3) is 0 Å². The van der Waals surface area contributed by atoms with E-state index in [9.17, 15) is 9.59 Å². The van der Waals surface area contributed by atoms with E-state index >= 15 is 0 Å². The summed E-state index contributed by atoms with van der Waals surface area (Å²) in [7, 11) is 0. The summed E-state index contributed by atoms with van der Waals surface area (Å²) in [5, 5.41) is 6.71. The molecule has 0 aliphatic rings. The number of carbonyl (C=O) groups is 2. The second-order valence-corrected chi connectivity index (χ2v) is 6.47. The molecule has 0 fully saturated rings. The first-order valence-electron chi connectivity index (χ1n) is 7.81. The SMILES string of the molecule is CCc1nnsc1C(=O)OCC(=O)Nc1c(C)cccc1C(C)C. The smallest absolute Gasteiger partial charge is 0.352 e. The van der Waals surface area contributed by atoms with Crippen molar-refractivity contribution in [2.45, 2.75) is 40.0 Å². The van der Waals surface area contributed by atoms with E-state index in [4.69, 9.17) is 4.74 Å². The lowest BCUT2D eigenvalue weighted by Crippen LogP contribution is -2.22. The topological polar surface area (TPSA) is 81.2 Å². The number of hydrogen-bond acceptors (Lipinski definition) is 6. The van der Waals surface area contributed by atoms with E-state index < -0.39 is 5.97 Å². The zero-order valence-corrected chi connectivity index (χ0v) is 15.1. The highest BCUT2D eigenvalue weighted by Crippen LogP contribution is 2.27. The molecule has 0 saturated heterocycles. The molecular formula is C17H21N3O3S. The maximum atomic E-state index is 12.2. The molecule has 1 N–H and O–H groups in total. The highest BCUT2D eigenvalue weighted by Gasteiger charge is 2.18. The van der Waals surface area contributed by atoms with Crippen molar-refractivity contribution in [3.63, 3.8) is 0 Å². The average Bonchev–Trinajstić information content (AvgIpc) is 3.03. The molecule has 24 heavy (non-hydrogen) atoms. The molecule has 1 aromatic carbocycles. The lowest BCUT2D eigenvalue weighted by molar-refractivity contribution is -0.119. The minimum atomic E-state index is -0.564. The summed E-state index contributed by atoms with van der Waals surface area (Å²) in [5.41, 5.74) is 3.39. The number of aryl methyl sites for hydroxylation is 2. The molecule has 0 spiro atoms. The number of benzene rings is 1. The van der Waals surface area contributed by atoms with Crippen molar-refractivity contribution in [2.75, 3.05) is 11.9 Å². The number of anilines is 1. The number of para-hydroxylation sites is 1. The normalized spacial score (nSPS) is 10.7. The molecule has 0 unspecified atom stereocenters. The van der Waals surface area contributed by atoms with Gasteiger partial charge in [-0.3, -0.25) is 4.79 Å². The molecule has 2 rings (SSSR count). The van der Waals surface area contributed by atoms with E-state index in [0.29, 0.717) is 17.0 Å². The van der Waals surface area contributed by atoms with Crippen LogP contribution in [0.15, 0.2) is 18.2 Å². The number of rotatable bonds is 6. The molecule has 1 aromatic heterocycles. The summed E-state index contributed by atoms with van der Waals surface area (Å²) >= 11 is 0.979. The summed E-state index contributed by atoms with van der Waals surface area (Å²) < 4.78 is 8.82. The van der Waals surface area contributed by atoms with Gasteiger partial charge >= 0.3 is 5.97 Å². The number of aromatic nitrogens is 2. The first kappa shape index (κ1) is 18.1. The third-order valence-corrected chi connectivity index (χ3v) is 4.35. The van der Waals surface area contributed by atoms with Crippen LogP contribution >= 0.6 is 11.5 Å². The zero-order chi connectivity index (χ0) is 17.7. The maximum Gasteiger partial charge on any atom is 0.352 e. The number of hydrogen-bond donors (Lipinski definition) is 1. The molecule has 0 atom stereocenters. The lowest BCUT2D eigenvalue weighted by Gasteiger charge is -2.16. The van der Waals surface area contributed by atoms with Gasteiger partial charge in [-0.25, -0.2) is 4.79 Å². The molecule has 1 amide bonds. The molecule has 0 saturated carbocycles. The van der Waals surface area contributed by atoms with Gasteiger partial charge in [0.15, 0.2) is 11.5 Å². The van der Waals surface area contributed by atoms with Gasteiger partial charge in [-0.05, 0) is 41.9 Å². The fourth-order valence-corrected chi connectivity index (χ4v) is 2.95. The monoisotopic (exact) mass is 347 g/mol. The van der Waals surface area contributed by atoms with Crippen molar-refractivity contribution in [3.8, 4) is 0 Å². The lowest BCUT2D eigenvalue weighted by atomic mass is 9.98. The van der Waals surface area contributed by atoms with Gasteiger partial charge in [-0.15, -0.1) is 5.10 Å². The first-order chi connectivity index (χ1) is 11.4. The fraction of sp³-hybridized carbons (Fsp3) is 0.412. The Kier molecular flexibility index (Phi) is 6.03. The predicted octanol–water partition coefficient (Wildman–Crippen LogP) is 3.33. The van der Waals surface area contributed by atoms with Crippen molar-refractivity contribution in [2.24, 2.45) is 0 Å². The third-order valence-electron chi connectivity index (χ3n) is 3.60. The Hall–Kier alpha value is -2.28. The number of ether oxygens (including phenoxy) is 1. The Morgan fingerprint density at radius 2 is 2.08 bits per heavy atom. The van der Waals surface area contributed by atoms with Crippen molar-refractivity contribution < 1.29 is 14.3 Å². The Morgan fingerprint density at radius 1 is 1.33 bits per heavy atom. The quantitative estimate of drug-likeness (QED) is 0.811. The average molecular weight is 347 g/mol. The van der Waals surface area contributed by atoms with Crippen LogP contribution in [-0.4, -0.2) is 28.1 Å². The van der Waals surface area contributed by atoms with Crippen molar-refractivity contribution in [1.82, 2.24) is 9.59 Å². The van der Waals surface area contributed by atoms with Crippen LogP contribution in [0.1, 0.15) is 53.2 Å². The van der Waals surface area contributed by atoms with Gasteiger partial charge in [0.2, 0.25) is 0 Å². The molecule has 0 bridgehead atoms. The van der Waals surface area contributed by atoms with E-state index in [0.717, 1.165) is 28.3 Å². The number of amides is 1. The summed E-state index contributed by atoms with van der Waals surface area (Å²) in [6.45, 7) is 7.60. The second-order valence-electron chi connectivity index (χ2n) is 5.72. The Morgan fingerprint density at radius 3 is 2.75 bits per heavy atom. The van der Waals surface area contributed by atoms with E-state index in [1.165, 1.54) is 0 Å². The second kappa shape index (κ2) is 8.01. The number of nitrogens with zero attached hydrogens (tertiary/aromatic N) is 2. The van der Waals surface area contributed by atoms with Crippen molar-refractivity contribution in [1.29, 1.82) is 0 Å². The van der Waals surface area contributed by atoms with Crippen LogP contribution in [0.3, 0.4) is 0 Å². The van der Waals surface area contributed by atoms with Gasteiger partial charge < -0.3 is 10.1 Å². The van der Waals surface area contributed by atoms with E-state index in [1.807, 2.05) is 32.0 Å². The van der Waals surface area contributed by atoms with Crippen molar-refractivity contribution in [3.05, 3.63) is 39.9 Å². The molecule has 0 aliphatic carbocycles. The fourth-order valence-electron chi connectivity index (χ4n) is 2.31. The van der Waals surface area contributed by atoms with E-state index in [1.54, 1.807) is 0 Å². The molecule has 0 radical (unpaired) electrons. The van der Waals surface area contributed by atoms with Crippen LogP contribution < -0.4 is 5.32 Å². The Labute approximate surface area is 145 Å². The summed E-state index contributed by atoms with van der Waals surface area (Å²) in [6.07, 6.45) is 0.591. The van der Waals surface area contributed by atoms with Gasteiger partial charge in [-0.2, -0.15) is 0 Å². The molecule has 7 heteroatoms. The van der Waals surface area contributed by atoms with Crippen molar-refractivity contribution >= 4 is 29.1 Å². The third kappa shape index (κ3) is 4.17. The van der Waals surface area contributed by atoms with Gasteiger partial charge in [0, 0.05) is 5.69 Å². The highest BCUT2D eigenvalue weighted by molar-refractivity contribution is 7.07. The standard InChI is InChI=1S/C17H21N3O3S/c1-5-13-16(24-20-19-13)17(22)23-9-14(21)18-15-11(4)7-6-8-12(15)10(2)3/h6-8,10H,5,9H2,1-4H3,(H,18,21). The highest BCUT2D eigenvalue weighted by atomic mass is 32.1. The first-order valence-corrected chi connectivity index (χ1v) is 8.59. The number of carbonyl (C=O) groups excluding carboxylic acids is 2. The number of esters is 1. The molecule has 0 aliphatic heterocycles. The van der Waals surface area contributed by atoms with Crippen LogP contribution in [-0.2, 0) is 16.0 Å². The van der Waals surface area contributed by atoms with Crippen LogP contribution in [0, 0.1) is 6.92 Å². The van der Waals surface area contributed by atoms with Gasteiger partial charge in [0.25, 0.3) is 5.91 Å². The van der Waals surface area contributed by atoms with Gasteiger partial charge in [0.1, 0.15) is 0 Å². The van der Waals surface area contributed by atoms with Gasteiger partial charge in [0.05, 0.1) is 5.69 Å². The van der Waals surface area contributed by atoms with Crippen LogP contribution in [0.5, 0.6) is 0 Å². The van der Waals surface area contributed by atoms with E-state index in [-0.39, 0.29) is 18.4 Å². The predicted molar refractivity (Wildman–Crippen MR) is 93.5 cm³/mol. The molecule has 2 aromatic rings. The summed E-state index contributed by atoms with van der Waals surface area (Å²) in [4.78, 5) is 24.5. The Bertz CT molecular complexity index is 740. The van der Waals surface area contributed by atoms with Crippen LogP contribution in [0.4, 0.5) is 5.69 Å². The largest absolute Gasteiger partial charge is 0.451 e. The van der Waals surface area contributed by atoms with Crippen LogP contribution in [0.2, 0.25) is 0 Å². The zero-order valence-electron chi connectivity index (χ0n) is 14.3. The Balaban J connectivity index is 2.01. The summed E-state index contributed by atoms with van der Waals surface area (Å²) in [5.74, 6) is -0.654.